The van der Waals surface area contributed by atoms with Crippen molar-refractivity contribution in [3.05, 3.63) is 58.1 Å². The van der Waals surface area contributed by atoms with Crippen LogP contribution in [0.1, 0.15) is 37.4 Å². The summed E-state index contributed by atoms with van der Waals surface area (Å²) < 4.78 is 0. The van der Waals surface area contributed by atoms with Crippen molar-refractivity contribution in [2.75, 3.05) is 0 Å². The van der Waals surface area contributed by atoms with Gasteiger partial charge in [-0.15, -0.1) is 0 Å². The summed E-state index contributed by atoms with van der Waals surface area (Å²) in [4.78, 5) is 24.6. The van der Waals surface area contributed by atoms with E-state index in [0.717, 1.165) is 6.07 Å². The van der Waals surface area contributed by atoms with Crippen molar-refractivity contribution >= 4 is 11.6 Å². The smallest absolute Gasteiger partial charge is 0.872 e. The average Bonchev–Trinajstić information content (AvgIpc) is 2.43. The van der Waals surface area contributed by atoms with Crippen LogP contribution in [0.15, 0.2) is 30.3 Å². The molecule has 1 aliphatic carbocycles. The molecule has 1 N–H and O–H groups in total. The Labute approximate surface area is 132 Å². The summed E-state index contributed by atoms with van der Waals surface area (Å²) in [5, 5.41) is 32.8. The van der Waals surface area contributed by atoms with Crippen LogP contribution >= 0.6 is 0 Å². The van der Waals surface area contributed by atoms with Crippen LogP contribution in [-0.4, -0.2) is 16.7 Å². The van der Waals surface area contributed by atoms with Crippen molar-refractivity contribution in [1.29, 1.82) is 0 Å². The molecule has 0 aliphatic heterocycles. The van der Waals surface area contributed by atoms with Crippen LogP contribution in [0.4, 0.5) is 0 Å². The Bertz CT molecular complexity index is 767. The van der Waals surface area contributed by atoms with Crippen LogP contribution in [0.25, 0.3) is 0 Å². The SMILES string of the molecule is O=C1c2cccc([O-])c2C(=O)c2c([O-])cc(CO)cc21.[Zn+2]. The first-order valence-electron chi connectivity index (χ1n) is 5.88. The third-order valence-electron chi connectivity index (χ3n) is 3.31. The molecule has 0 unspecified atom stereocenters. The topological polar surface area (TPSA) is 100 Å². The number of carbonyl (C=O) groups is 2. The molecule has 0 radical (unpaired) electrons. The molecule has 5 nitrogen and oxygen atoms in total. The van der Waals surface area contributed by atoms with E-state index in [1.807, 2.05) is 0 Å². The molecule has 0 saturated heterocycles. The quantitative estimate of drug-likeness (QED) is 0.637. The molecule has 6 heteroatoms. The van der Waals surface area contributed by atoms with Crippen molar-refractivity contribution in [2.24, 2.45) is 0 Å². The fraction of sp³-hybridized carbons (Fsp3) is 0.0667. The Morgan fingerprint density at radius 3 is 2.24 bits per heavy atom. The maximum atomic E-state index is 12.3. The molecule has 1 aliphatic rings. The molecule has 0 heterocycles. The Morgan fingerprint density at radius 2 is 1.57 bits per heavy atom. The van der Waals surface area contributed by atoms with Crippen molar-refractivity contribution in [2.45, 2.75) is 6.61 Å². The van der Waals surface area contributed by atoms with E-state index in [4.69, 9.17) is 5.11 Å². The molecule has 0 saturated carbocycles. The van der Waals surface area contributed by atoms with Crippen molar-refractivity contribution in [3.63, 3.8) is 0 Å². The Morgan fingerprint density at radius 1 is 0.905 bits per heavy atom. The van der Waals surface area contributed by atoms with Crippen LogP contribution < -0.4 is 10.2 Å². The molecule has 0 bridgehead atoms. The van der Waals surface area contributed by atoms with Gasteiger partial charge in [-0.3, -0.25) is 9.59 Å². The summed E-state index contributed by atoms with van der Waals surface area (Å²) in [6.45, 7) is -0.404. The van der Waals surface area contributed by atoms with Crippen LogP contribution in [0.5, 0.6) is 11.5 Å². The van der Waals surface area contributed by atoms with Gasteiger partial charge in [-0.05, 0) is 11.6 Å². The van der Waals surface area contributed by atoms with E-state index in [9.17, 15) is 19.8 Å². The summed E-state index contributed by atoms with van der Waals surface area (Å²) in [5.74, 6) is -2.50. The molecule has 0 spiro atoms. The van der Waals surface area contributed by atoms with E-state index >= 15 is 0 Å². The van der Waals surface area contributed by atoms with Crippen LogP contribution in [0.3, 0.4) is 0 Å². The molecule has 2 aromatic rings. The van der Waals surface area contributed by atoms with Gasteiger partial charge in [0.15, 0.2) is 11.6 Å². The van der Waals surface area contributed by atoms with Gasteiger partial charge >= 0.3 is 19.5 Å². The minimum atomic E-state index is -0.727. The van der Waals surface area contributed by atoms with Gasteiger partial charge in [0.2, 0.25) is 0 Å². The largest absolute Gasteiger partial charge is 2.00 e. The van der Waals surface area contributed by atoms with Gasteiger partial charge in [0.05, 0.1) is 6.61 Å². The summed E-state index contributed by atoms with van der Waals surface area (Å²) in [6.07, 6.45) is 0. The number of aliphatic hydroxyl groups is 1. The van der Waals surface area contributed by atoms with Crippen molar-refractivity contribution < 1.29 is 44.4 Å². The zero-order valence-corrected chi connectivity index (χ0v) is 13.8. The van der Waals surface area contributed by atoms with Gasteiger partial charge in [0.1, 0.15) is 0 Å². The molecule has 100 valence electrons. The molecule has 0 amide bonds. The van der Waals surface area contributed by atoms with Crippen molar-refractivity contribution in [1.82, 2.24) is 0 Å². The molecule has 0 aromatic heterocycles. The van der Waals surface area contributed by atoms with Gasteiger partial charge in [0.25, 0.3) is 0 Å². The van der Waals surface area contributed by atoms with E-state index in [1.54, 1.807) is 0 Å². The third-order valence-corrected chi connectivity index (χ3v) is 3.31. The second-order valence-electron chi connectivity index (χ2n) is 4.51. The number of carbonyl (C=O) groups excluding carboxylic acids is 2. The second kappa shape index (κ2) is 5.39. The van der Waals surface area contributed by atoms with E-state index in [-0.39, 0.29) is 47.3 Å². The van der Waals surface area contributed by atoms with E-state index in [2.05, 4.69) is 0 Å². The first-order chi connectivity index (χ1) is 9.54. The number of hydrogen-bond donors (Lipinski definition) is 1. The molecular formula is C15H8O5Zn. The van der Waals surface area contributed by atoms with Crippen LogP contribution in [0, 0.1) is 0 Å². The molecule has 2 aromatic carbocycles. The fourth-order valence-electron chi connectivity index (χ4n) is 2.40. The number of fused-ring (bicyclic) bond motifs is 2. The summed E-state index contributed by atoms with van der Waals surface area (Å²) in [5.41, 5.74) is -0.326. The zero-order valence-electron chi connectivity index (χ0n) is 10.9. The van der Waals surface area contributed by atoms with Gasteiger partial charge in [-0.2, -0.15) is 0 Å². The molecule has 21 heavy (non-hydrogen) atoms. The van der Waals surface area contributed by atoms with Gasteiger partial charge in [0, 0.05) is 22.3 Å². The normalized spacial score (nSPS) is 12.4. The van der Waals surface area contributed by atoms with Gasteiger partial charge in [-0.1, -0.05) is 35.8 Å². The number of rotatable bonds is 1. The number of hydrogen-bond acceptors (Lipinski definition) is 5. The molecular weight excluding hydrogens is 326 g/mol. The van der Waals surface area contributed by atoms with Crippen molar-refractivity contribution in [3.8, 4) is 11.5 Å². The Hall–Kier alpha value is -2.04. The van der Waals surface area contributed by atoms with Crippen LogP contribution in [0.2, 0.25) is 0 Å². The van der Waals surface area contributed by atoms with Crippen LogP contribution in [-0.2, 0) is 26.1 Å². The minimum absolute atomic E-state index is 0. The average molecular weight is 334 g/mol. The van der Waals surface area contributed by atoms with Gasteiger partial charge < -0.3 is 15.3 Å². The number of benzene rings is 2. The fourth-order valence-corrected chi connectivity index (χ4v) is 2.40. The summed E-state index contributed by atoms with van der Waals surface area (Å²) in [7, 11) is 0. The summed E-state index contributed by atoms with van der Waals surface area (Å²) >= 11 is 0. The monoisotopic (exact) mass is 332 g/mol. The second-order valence-corrected chi connectivity index (χ2v) is 4.51. The van der Waals surface area contributed by atoms with E-state index < -0.39 is 29.7 Å². The predicted octanol–water partition coefficient (Wildman–Crippen LogP) is 0.0990. The first-order valence-corrected chi connectivity index (χ1v) is 5.88. The molecule has 3 rings (SSSR count). The zero-order chi connectivity index (χ0) is 14.4. The number of aliphatic hydroxyl groups excluding tert-OH is 1. The Balaban J connectivity index is 0.00000161. The maximum Gasteiger partial charge on any atom is 2.00 e. The third kappa shape index (κ3) is 2.17. The predicted molar refractivity (Wildman–Crippen MR) is 64.6 cm³/mol. The standard InChI is InChI=1S/C15H10O5.Zn/c16-6-7-4-9-13(11(18)5-7)15(20)12-8(14(9)19)2-1-3-10(12)17;/h1-5,16-18H,6H2;/q;+2/p-2. The van der Waals surface area contributed by atoms with E-state index in [1.165, 1.54) is 24.3 Å². The first kappa shape index (κ1) is 15.4. The minimum Gasteiger partial charge on any atom is -0.872 e. The van der Waals surface area contributed by atoms with E-state index in [0.29, 0.717) is 0 Å². The molecule has 0 fully saturated rings. The maximum absolute atomic E-state index is 12.3. The Kier molecular flexibility index (Phi) is 3.94. The van der Waals surface area contributed by atoms with Gasteiger partial charge in [-0.25, -0.2) is 0 Å². The molecule has 0 atom stereocenters. The summed E-state index contributed by atoms with van der Waals surface area (Å²) in [6, 6.07) is 6.38. The number of ketones is 2.